The number of ketones is 2. The molecule has 2 amide bonds. The highest BCUT2D eigenvalue weighted by Crippen LogP contribution is 2.29. The molecule has 2 aromatic carbocycles. The van der Waals surface area contributed by atoms with Crippen molar-refractivity contribution in [1.82, 2.24) is 21.3 Å². The number of hydrogen-bond donors (Lipinski definition) is 8. The Labute approximate surface area is 324 Å². The maximum Gasteiger partial charge on any atom is 0.408 e. The molecule has 8 unspecified atom stereocenters. The molecule has 2 aromatic rings. The van der Waals surface area contributed by atoms with Gasteiger partial charge < -0.3 is 52.4 Å². The van der Waals surface area contributed by atoms with Crippen LogP contribution >= 0.6 is 24.8 Å². The van der Waals surface area contributed by atoms with Gasteiger partial charge in [-0.2, -0.15) is 0 Å². The van der Waals surface area contributed by atoms with Gasteiger partial charge in [0.1, 0.15) is 23.7 Å². The van der Waals surface area contributed by atoms with E-state index in [1.807, 2.05) is 0 Å². The first-order chi connectivity index (χ1) is 24.9. The lowest BCUT2D eigenvalue weighted by molar-refractivity contribution is -0.143. The Morgan fingerprint density at radius 2 is 1.02 bits per heavy atom. The first-order valence-electron chi connectivity index (χ1n) is 16.8. The molecule has 0 bridgehead atoms. The third-order valence-electron chi connectivity index (χ3n) is 9.46. The van der Waals surface area contributed by atoms with Gasteiger partial charge in [-0.3, -0.25) is 19.2 Å². The van der Waals surface area contributed by atoms with Crippen molar-refractivity contribution in [1.29, 1.82) is 0 Å². The van der Waals surface area contributed by atoms with Gasteiger partial charge in [-0.05, 0) is 22.3 Å². The summed E-state index contributed by atoms with van der Waals surface area (Å²) in [5.41, 5.74) is 14.4. The maximum atomic E-state index is 13.5. The molecule has 0 aliphatic carbocycles. The quantitative estimate of drug-likeness (QED) is 0.124. The summed E-state index contributed by atoms with van der Waals surface area (Å²) in [6.45, 7) is 3.24. The molecule has 8 atom stereocenters. The van der Waals surface area contributed by atoms with Gasteiger partial charge >= 0.3 is 24.1 Å². The predicted molar refractivity (Wildman–Crippen MR) is 200 cm³/mol. The zero-order valence-corrected chi connectivity index (χ0v) is 31.2. The topological polar surface area (TPSA) is 262 Å². The second-order valence-electron chi connectivity index (χ2n) is 12.6. The van der Waals surface area contributed by atoms with Gasteiger partial charge in [-0.1, -0.05) is 74.2 Å². The third-order valence-corrected chi connectivity index (χ3v) is 9.46. The summed E-state index contributed by atoms with van der Waals surface area (Å²) in [6, 6.07) is 10.0. The van der Waals surface area contributed by atoms with E-state index in [1.165, 1.54) is 0 Å². The summed E-state index contributed by atoms with van der Waals surface area (Å²) < 4.78 is 10.1. The number of amides is 2. The van der Waals surface area contributed by atoms with Crippen LogP contribution < -0.4 is 32.7 Å². The van der Waals surface area contributed by atoms with Crippen LogP contribution in [0.4, 0.5) is 9.59 Å². The molecule has 0 radical (unpaired) electrons. The highest BCUT2D eigenvalue weighted by Gasteiger charge is 2.48. The number of ether oxygens (including phenoxy) is 2. The third kappa shape index (κ3) is 11.4. The molecular weight excluding hydrogens is 747 g/mol. The van der Waals surface area contributed by atoms with Gasteiger partial charge in [0.05, 0.1) is 23.9 Å². The second kappa shape index (κ2) is 21.2. The minimum absolute atomic E-state index is 0. The van der Waals surface area contributed by atoms with Crippen LogP contribution in [0.25, 0.3) is 0 Å². The van der Waals surface area contributed by atoms with Crippen LogP contribution in [-0.4, -0.2) is 96.4 Å². The number of Topliss-reactive ketones (excluding diaryl/α,β-unsaturated/α-hetero) is 2. The van der Waals surface area contributed by atoms with Gasteiger partial charge in [0.25, 0.3) is 0 Å². The van der Waals surface area contributed by atoms with E-state index < -0.39 is 85.2 Å². The number of carbonyl (C=O) groups is 6. The van der Waals surface area contributed by atoms with Gasteiger partial charge in [0, 0.05) is 38.0 Å². The van der Waals surface area contributed by atoms with Crippen molar-refractivity contribution in [3.8, 4) is 11.8 Å². The molecule has 0 spiro atoms. The van der Waals surface area contributed by atoms with Gasteiger partial charge in [-0.15, -0.1) is 24.8 Å². The molecule has 2 fully saturated rings. The lowest BCUT2D eigenvalue weighted by Crippen LogP contribution is -2.47. The average Bonchev–Trinajstić information content (AvgIpc) is 3.76. The minimum atomic E-state index is -1.23. The number of rotatable bonds is 14. The highest BCUT2D eigenvalue weighted by atomic mass is 35.5. The van der Waals surface area contributed by atoms with Gasteiger partial charge in [-0.25, -0.2) is 9.59 Å². The minimum Gasteiger partial charge on any atom is -0.480 e. The molecule has 4 rings (SSSR count). The molecule has 16 nitrogen and oxygen atoms in total. The molecule has 2 aliphatic heterocycles. The lowest BCUT2D eigenvalue weighted by atomic mass is 9.82. The van der Waals surface area contributed by atoms with Crippen LogP contribution in [0.1, 0.15) is 47.9 Å². The van der Waals surface area contributed by atoms with E-state index in [2.05, 4.69) is 33.1 Å². The Morgan fingerprint density at radius 3 is 1.31 bits per heavy atom. The predicted octanol–water partition coefficient (Wildman–Crippen LogP) is 1.03. The van der Waals surface area contributed by atoms with Crippen molar-refractivity contribution in [2.24, 2.45) is 23.3 Å². The maximum absolute atomic E-state index is 13.5. The molecule has 10 N–H and O–H groups in total. The van der Waals surface area contributed by atoms with Gasteiger partial charge in [0.15, 0.2) is 13.2 Å². The van der Waals surface area contributed by atoms with Crippen LogP contribution in [-0.2, 0) is 41.7 Å². The standard InChI is InChI=1S/C36H44N6O10.2ClH/c1-19(23-9-5-21(15-37)6-10-23)31(43)27-25(17-39-29(27)33(45)46)41-35(49)51-13-3-4-14-52-36(50)42-26-18-40-30(34(47)48)28(26)32(44)20(2)24-11-7-22(16-38)8-12-24;;/h5-12,19-20,25-30,39-40H,13-18,37-38H2,1-2H3,(H,41,49)(H,42,50)(H,45,46)(H,47,48);2*1H. The summed E-state index contributed by atoms with van der Waals surface area (Å²) in [6.07, 6.45) is -1.85. The largest absolute Gasteiger partial charge is 0.480 e. The fourth-order valence-electron chi connectivity index (χ4n) is 6.45. The number of alkyl carbamates (subject to hydrolysis) is 2. The molecule has 0 aromatic heterocycles. The number of carbonyl (C=O) groups excluding carboxylic acids is 4. The molecule has 18 heteroatoms. The zero-order valence-electron chi connectivity index (χ0n) is 29.6. The zero-order chi connectivity index (χ0) is 37.9. The summed E-state index contributed by atoms with van der Waals surface area (Å²) >= 11 is 0. The monoisotopic (exact) mass is 792 g/mol. The van der Waals surface area contributed by atoms with Crippen molar-refractivity contribution >= 4 is 60.5 Å². The molecule has 54 heavy (non-hydrogen) atoms. The highest BCUT2D eigenvalue weighted by molar-refractivity contribution is 5.95. The molecule has 2 saturated heterocycles. The van der Waals surface area contributed by atoms with E-state index in [9.17, 15) is 39.0 Å². The average molecular weight is 794 g/mol. The fourth-order valence-corrected chi connectivity index (χ4v) is 6.45. The van der Waals surface area contributed by atoms with Crippen LogP contribution in [0.5, 0.6) is 0 Å². The van der Waals surface area contributed by atoms with Crippen molar-refractivity contribution in [3.63, 3.8) is 0 Å². The van der Waals surface area contributed by atoms with Crippen molar-refractivity contribution in [3.05, 3.63) is 70.8 Å². The smallest absolute Gasteiger partial charge is 0.408 e. The SMILES string of the molecule is CC(C(=O)C1C(NC(=O)OCC#CCOC(=O)NC2CNC(C(=O)O)C2C(=O)C(C)c2ccc(CN)cc2)CNC1C(=O)O)c1ccc(CN)cc1.Cl.Cl. The number of nitrogens with one attached hydrogen (secondary N) is 4. The van der Waals surface area contributed by atoms with E-state index in [1.54, 1.807) is 62.4 Å². The van der Waals surface area contributed by atoms with Gasteiger partial charge in [0.2, 0.25) is 0 Å². The molecule has 0 saturated carbocycles. The Bertz CT molecular complexity index is 1580. The van der Waals surface area contributed by atoms with E-state index in [-0.39, 0.29) is 49.5 Å². The number of benzene rings is 2. The van der Waals surface area contributed by atoms with Crippen molar-refractivity contribution < 1.29 is 48.5 Å². The van der Waals surface area contributed by atoms with E-state index in [0.717, 1.165) is 11.1 Å². The van der Waals surface area contributed by atoms with Crippen molar-refractivity contribution in [2.45, 2.75) is 62.9 Å². The first-order valence-corrected chi connectivity index (χ1v) is 16.8. The first kappa shape index (κ1) is 45.4. The molecule has 2 aliphatic rings. The van der Waals surface area contributed by atoms with Crippen LogP contribution in [0.15, 0.2) is 48.5 Å². The Balaban J connectivity index is 0.00000504. The fraction of sp³-hybridized carbons (Fsp3) is 0.444. The van der Waals surface area contributed by atoms with E-state index >= 15 is 0 Å². The number of nitrogens with two attached hydrogens (primary N) is 2. The number of hydrogen-bond acceptors (Lipinski definition) is 12. The Hall–Kier alpha value is -4.76. The Morgan fingerprint density at radius 1 is 0.685 bits per heavy atom. The molecule has 294 valence electrons. The van der Waals surface area contributed by atoms with Crippen molar-refractivity contribution in [2.75, 3.05) is 26.3 Å². The summed E-state index contributed by atoms with van der Waals surface area (Å²) in [5.74, 6) is -1.62. The second-order valence-corrected chi connectivity index (χ2v) is 12.6. The lowest BCUT2D eigenvalue weighted by Gasteiger charge is -2.24. The number of carboxylic acids is 2. The summed E-state index contributed by atoms with van der Waals surface area (Å²) in [5, 5.41) is 30.1. The van der Waals surface area contributed by atoms with Crippen LogP contribution in [0.2, 0.25) is 0 Å². The summed E-state index contributed by atoms with van der Waals surface area (Å²) in [4.78, 5) is 75.9. The summed E-state index contributed by atoms with van der Waals surface area (Å²) in [7, 11) is 0. The number of carboxylic acid groups (broad SMARTS) is 2. The number of aliphatic carboxylic acids is 2. The van der Waals surface area contributed by atoms with Crippen LogP contribution in [0, 0.1) is 23.7 Å². The normalized spacial score (nSPS) is 22.4. The molecule has 2 heterocycles. The Kier molecular flexibility index (Phi) is 17.8. The van der Waals surface area contributed by atoms with E-state index in [0.29, 0.717) is 24.2 Å². The number of halogens is 2. The van der Waals surface area contributed by atoms with E-state index in [4.69, 9.17) is 20.9 Å². The van der Waals surface area contributed by atoms with Crippen LogP contribution in [0.3, 0.4) is 0 Å². The molecular formula is C36H46Cl2N6O10.